The van der Waals surface area contributed by atoms with Crippen molar-refractivity contribution in [2.24, 2.45) is 0 Å². The molecule has 0 spiro atoms. The standard InChI is InChI=1S/C23H23IN2O3S/c1-16-4-9-20(10-5-16)26(30(28,29)21-11-6-17(2)7-12-21)15-23(27)25-22-13-8-19(24)14-18(22)3/h4-14H,15H2,1-3H3,(H,25,27). The number of aryl methyl sites for hydroxylation is 3. The van der Waals surface area contributed by atoms with E-state index in [0.717, 1.165) is 24.6 Å². The van der Waals surface area contributed by atoms with E-state index in [4.69, 9.17) is 0 Å². The molecule has 0 aromatic heterocycles. The van der Waals surface area contributed by atoms with E-state index in [1.165, 1.54) is 0 Å². The molecular weight excluding hydrogens is 511 g/mol. The zero-order chi connectivity index (χ0) is 21.9. The second-order valence-electron chi connectivity index (χ2n) is 7.17. The van der Waals surface area contributed by atoms with Crippen LogP contribution < -0.4 is 9.62 Å². The summed E-state index contributed by atoms with van der Waals surface area (Å²) >= 11 is 2.20. The molecule has 1 amide bonds. The molecule has 0 aliphatic carbocycles. The van der Waals surface area contributed by atoms with E-state index in [-0.39, 0.29) is 11.4 Å². The molecule has 0 atom stereocenters. The predicted octanol–water partition coefficient (Wildman–Crippen LogP) is 5.05. The second-order valence-corrected chi connectivity index (χ2v) is 10.3. The number of benzene rings is 3. The molecule has 0 radical (unpaired) electrons. The highest BCUT2D eigenvalue weighted by Crippen LogP contribution is 2.25. The van der Waals surface area contributed by atoms with Crippen molar-refractivity contribution < 1.29 is 13.2 Å². The Balaban J connectivity index is 1.94. The van der Waals surface area contributed by atoms with Gasteiger partial charge in [0, 0.05) is 9.26 Å². The topological polar surface area (TPSA) is 66.5 Å². The molecule has 5 nitrogen and oxygen atoms in total. The molecular formula is C23H23IN2O3S. The molecule has 0 unspecified atom stereocenters. The van der Waals surface area contributed by atoms with Gasteiger partial charge in [0.05, 0.1) is 10.6 Å². The van der Waals surface area contributed by atoms with Gasteiger partial charge in [0.1, 0.15) is 6.54 Å². The van der Waals surface area contributed by atoms with Crippen molar-refractivity contribution in [3.05, 3.63) is 87.0 Å². The van der Waals surface area contributed by atoms with Gasteiger partial charge in [0.25, 0.3) is 10.0 Å². The van der Waals surface area contributed by atoms with Crippen molar-refractivity contribution in [2.45, 2.75) is 25.7 Å². The third kappa shape index (κ3) is 5.20. The van der Waals surface area contributed by atoms with Crippen LogP contribution in [0, 0.1) is 24.3 Å². The van der Waals surface area contributed by atoms with Crippen molar-refractivity contribution >= 4 is 49.9 Å². The number of halogens is 1. The van der Waals surface area contributed by atoms with E-state index in [0.29, 0.717) is 11.4 Å². The van der Waals surface area contributed by atoms with Gasteiger partial charge in [-0.3, -0.25) is 9.10 Å². The lowest BCUT2D eigenvalue weighted by molar-refractivity contribution is -0.114. The summed E-state index contributed by atoms with van der Waals surface area (Å²) in [5.74, 6) is -0.407. The van der Waals surface area contributed by atoms with E-state index in [2.05, 4.69) is 27.9 Å². The van der Waals surface area contributed by atoms with Crippen LogP contribution in [-0.2, 0) is 14.8 Å². The molecule has 0 aliphatic rings. The number of hydrogen-bond donors (Lipinski definition) is 1. The second kappa shape index (κ2) is 9.18. The molecule has 0 fully saturated rings. The quantitative estimate of drug-likeness (QED) is 0.451. The van der Waals surface area contributed by atoms with Crippen LogP contribution in [-0.4, -0.2) is 20.9 Å². The summed E-state index contributed by atoms with van der Waals surface area (Å²) in [7, 11) is -3.92. The van der Waals surface area contributed by atoms with E-state index in [1.54, 1.807) is 36.4 Å². The summed E-state index contributed by atoms with van der Waals surface area (Å²) in [6, 6.07) is 19.4. The Bertz CT molecular complexity index is 1160. The predicted molar refractivity (Wildman–Crippen MR) is 129 cm³/mol. The Morgan fingerprint density at radius 1 is 0.900 bits per heavy atom. The fraction of sp³-hybridized carbons (Fsp3) is 0.174. The first-order chi connectivity index (χ1) is 14.2. The van der Waals surface area contributed by atoms with Gasteiger partial charge in [-0.25, -0.2) is 8.42 Å². The summed E-state index contributed by atoms with van der Waals surface area (Å²) in [6.45, 7) is 5.39. The smallest absolute Gasteiger partial charge is 0.264 e. The fourth-order valence-corrected chi connectivity index (χ4v) is 5.02. The van der Waals surface area contributed by atoms with Crippen LogP contribution >= 0.6 is 22.6 Å². The summed E-state index contributed by atoms with van der Waals surface area (Å²) in [4.78, 5) is 13.0. The Morgan fingerprint density at radius 3 is 2.03 bits per heavy atom. The zero-order valence-electron chi connectivity index (χ0n) is 17.0. The number of anilines is 2. The highest BCUT2D eigenvalue weighted by molar-refractivity contribution is 14.1. The van der Waals surface area contributed by atoms with Crippen LogP contribution in [0.4, 0.5) is 11.4 Å². The normalized spacial score (nSPS) is 11.2. The minimum atomic E-state index is -3.92. The number of nitrogens with zero attached hydrogens (tertiary/aromatic N) is 1. The van der Waals surface area contributed by atoms with Gasteiger partial charge >= 0.3 is 0 Å². The van der Waals surface area contributed by atoms with Crippen LogP contribution in [0.25, 0.3) is 0 Å². The minimum absolute atomic E-state index is 0.145. The van der Waals surface area contributed by atoms with E-state index >= 15 is 0 Å². The molecule has 3 aromatic rings. The highest BCUT2D eigenvalue weighted by Gasteiger charge is 2.27. The van der Waals surface area contributed by atoms with Crippen LogP contribution in [0.5, 0.6) is 0 Å². The average molecular weight is 534 g/mol. The maximum atomic E-state index is 13.4. The van der Waals surface area contributed by atoms with Gasteiger partial charge in [-0.05, 0) is 91.4 Å². The molecule has 0 heterocycles. The molecule has 0 saturated heterocycles. The summed E-state index contributed by atoms with van der Waals surface area (Å²) < 4.78 is 29.0. The summed E-state index contributed by atoms with van der Waals surface area (Å²) in [5, 5.41) is 2.83. The number of sulfonamides is 1. The highest BCUT2D eigenvalue weighted by atomic mass is 127. The average Bonchev–Trinajstić information content (AvgIpc) is 2.69. The molecule has 156 valence electrons. The van der Waals surface area contributed by atoms with Crippen molar-refractivity contribution in [3.8, 4) is 0 Å². The van der Waals surface area contributed by atoms with E-state index < -0.39 is 15.9 Å². The van der Waals surface area contributed by atoms with Crippen molar-refractivity contribution in [2.75, 3.05) is 16.2 Å². The Morgan fingerprint density at radius 2 is 1.47 bits per heavy atom. The number of rotatable bonds is 6. The molecule has 0 saturated carbocycles. The summed E-state index contributed by atoms with van der Waals surface area (Å²) in [5.41, 5.74) is 3.99. The fourth-order valence-electron chi connectivity index (χ4n) is 2.95. The van der Waals surface area contributed by atoms with E-state index in [1.807, 2.05) is 51.1 Å². The Hall–Kier alpha value is -2.39. The van der Waals surface area contributed by atoms with Gasteiger partial charge in [0.15, 0.2) is 0 Å². The van der Waals surface area contributed by atoms with E-state index in [9.17, 15) is 13.2 Å². The number of carbonyl (C=O) groups is 1. The maximum Gasteiger partial charge on any atom is 0.264 e. The molecule has 3 aromatic carbocycles. The first-order valence-electron chi connectivity index (χ1n) is 9.39. The van der Waals surface area contributed by atoms with Crippen LogP contribution in [0.15, 0.2) is 71.6 Å². The number of nitrogens with one attached hydrogen (secondary N) is 1. The lowest BCUT2D eigenvalue weighted by atomic mass is 10.2. The number of amides is 1. The largest absolute Gasteiger partial charge is 0.324 e. The first kappa shape index (κ1) is 22.3. The maximum absolute atomic E-state index is 13.4. The number of hydrogen-bond acceptors (Lipinski definition) is 3. The van der Waals surface area contributed by atoms with Crippen molar-refractivity contribution in [1.29, 1.82) is 0 Å². The van der Waals surface area contributed by atoms with Crippen LogP contribution in [0.3, 0.4) is 0 Å². The van der Waals surface area contributed by atoms with Gasteiger partial charge in [-0.15, -0.1) is 0 Å². The minimum Gasteiger partial charge on any atom is -0.324 e. The van der Waals surface area contributed by atoms with Crippen molar-refractivity contribution in [1.82, 2.24) is 0 Å². The first-order valence-corrected chi connectivity index (χ1v) is 11.9. The van der Waals surface area contributed by atoms with Crippen LogP contribution in [0.1, 0.15) is 16.7 Å². The van der Waals surface area contributed by atoms with Gasteiger partial charge in [0.2, 0.25) is 5.91 Å². The third-order valence-electron chi connectivity index (χ3n) is 4.68. The van der Waals surface area contributed by atoms with Crippen LogP contribution in [0.2, 0.25) is 0 Å². The van der Waals surface area contributed by atoms with Gasteiger partial charge in [-0.2, -0.15) is 0 Å². The lowest BCUT2D eigenvalue weighted by Gasteiger charge is -2.24. The van der Waals surface area contributed by atoms with Gasteiger partial charge < -0.3 is 5.32 Å². The Kier molecular flexibility index (Phi) is 6.82. The molecule has 0 aliphatic heterocycles. The number of carbonyl (C=O) groups excluding carboxylic acids is 1. The molecule has 7 heteroatoms. The Labute approximate surface area is 191 Å². The third-order valence-corrected chi connectivity index (χ3v) is 7.14. The lowest BCUT2D eigenvalue weighted by Crippen LogP contribution is -2.38. The molecule has 3 rings (SSSR count). The molecule has 1 N–H and O–H groups in total. The molecule has 30 heavy (non-hydrogen) atoms. The van der Waals surface area contributed by atoms with Crippen molar-refractivity contribution in [3.63, 3.8) is 0 Å². The monoisotopic (exact) mass is 534 g/mol. The summed E-state index contributed by atoms with van der Waals surface area (Å²) in [6.07, 6.45) is 0. The zero-order valence-corrected chi connectivity index (χ0v) is 20.0. The van der Waals surface area contributed by atoms with Gasteiger partial charge in [-0.1, -0.05) is 35.4 Å². The SMILES string of the molecule is Cc1ccc(N(CC(=O)Nc2ccc(I)cc2C)S(=O)(=O)c2ccc(C)cc2)cc1. The molecule has 0 bridgehead atoms.